The highest BCUT2D eigenvalue weighted by Crippen LogP contribution is 2.17. The lowest BCUT2D eigenvalue weighted by atomic mass is 10.0. The predicted molar refractivity (Wildman–Crippen MR) is 156 cm³/mol. The summed E-state index contributed by atoms with van der Waals surface area (Å²) in [6.07, 6.45) is 40.6. The summed E-state index contributed by atoms with van der Waals surface area (Å²) >= 11 is 0. The van der Waals surface area contributed by atoms with Gasteiger partial charge in [0.15, 0.2) is 0 Å². The molecule has 0 heterocycles. The number of allylic oxidation sites excluding steroid dienone is 6. The molecule has 0 radical (unpaired) electrons. The summed E-state index contributed by atoms with van der Waals surface area (Å²) in [7, 11) is 4.89. The van der Waals surface area contributed by atoms with Crippen LogP contribution in [0.1, 0.15) is 128 Å². The third-order valence-electron chi connectivity index (χ3n) is 7.74. The topological polar surface area (TPSA) is 0 Å². The van der Waals surface area contributed by atoms with Crippen LogP contribution in [0.25, 0.3) is 0 Å². The number of unbranched alkanes of at least 4 members (excludes halogenated alkanes) is 16. The molecule has 0 bridgehead atoms. The summed E-state index contributed by atoms with van der Waals surface area (Å²) in [5.74, 6) is 0. The molecule has 2 rings (SSSR count). The third kappa shape index (κ3) is 16.7. The number of hydrogen-bond acceptors (Lipinski definition) is 0. The molecular weight excluding hydrogens is 422 g/mol. The summed E-state index contributed by atoms with van der Waals surface area (Å²) in [5.41, 5.74) is 9.41. The van der Waals surface area contributed by atoms with Crippen LogP contribution >= 0.6 is 0 Å². The van der Waals surface area contributed by atoms with E-state index >= 15 is 0 Å². The molecule has 0 unspecified atom stereocenters. The molecular formula is C34H56N+. The minimum Gasteiger partial charge on any atom is -0.328 e. The van der Waals surface area contributed by atoms with Crippen LogP contribution in [0, 0.1) is 0 Å². The van der Waals surface area contributed by atoms with Crippen molar-refractivity contribution in [2.75, 3.05) is 27.2 Å². The van der Waals surface area contributed by atoms with Gasteiger partial charge in [-0.1, -0.05) is 101 Å². The fourth-order valence-electron chi connectivity index (χ4n) is 5.34. The Morgan fingerprint density at radius 3 is 1.09 bits per heavy atom. The van der Waals surface area contributed by atoms with Gasteiger partial charge in [0, 0.05) is 0 Å². The van der Waals surface area contributed by atoms with Gasteiger partial charge in [-0.05, 0) is 74.7 Å². The second-order valence-electron chi connectivity index (χ2n) is 11.6. The number of quaternary nitrogens is 1. The van der Waals surface area contributed by atoms with Gasteiger partial charge >= 0.3 is 0 Å². The third-order valence-corrected chi connectivity index (χ3v) is 7.74. The lowest BCUT2D eigenvalue weighted by Gasteiger charge is -2.30. The Morgan fingerprint density at radius 1 is 0.457 bits per heavy atom. The van der Waals surface area contributed by atoms with Crippen LogP contribution in [0.5, 0.6) is 0 Å². The molecule has 35 heavy (non-hydrogen) atoms. The summed E-state index contributed by atoms with van der Waals surface area (Å²) in [5, 5.41) is 0. The highest BCUT2D eigenvalue weighted by molar-refractivity contribution is 5.29. The monoisotopic (exact) mass is 478 g/mol. The normalized spacial score (nSPS) is 14.3. The molecule has 196 valence electrons. The van der Waals surface area contributed by atoms with Crippen LogP contribution < -0.4 is 0 Å². The molecule has 0 saturated carbocycles. The van der Waals surface area contributed by atoms with Gasteiger partial charge in [0.2, 0.25) is 0 Å². The van der Waals surface area contributed by atoms with E-state index in [9.17, 15) is 0 Å². The summed E-state index contributed by atoms with van der Waals surface area (Å²) in [6, 6.07) is 0. The van der Waals surface area contributed by atoms with E-state index in [1.807, 2.05) is 12.2 Å². The van der Waals surface area contributed by atoms with E-state index in [1.54, 1.807) is 0 Å². The Bertz CT molecular complexity index is 673. The lowest BCUT2D eigenvalue weighted by molar-refractivity contribution is -0.890. The van der Waals surface area contributed by atoms with Crippen LogP contribution in [-0.2, 0) is 0 Å². The molecule has 0 aromatic heterocycles. The van der Waals surface area contributed by atoms with Crippen LogP contribution in [-0.4, -0.2) is 31.7 Å². The Kier molecular flexibility index (Phi) is 16.7. The highest BCUT2D eigenvalue weighted by Gasteiger charge is 2.13. The van der Waals surface area contributed by atoms with Crippen LogP contribution in [0.15, 0.2) is 59.1 Å². The highest BCUT2D eigenvalue weighted by atomic mass is 15.3. The molecule has 0 aromatic carbocycles. The number of hydrogen-bond donors (Lipinski definition) is 0. The Hall–Kier alpha value is -1.52. The number of nitrogens with zero attached hydrogens (tertiary/aromatic N) is 1. The van der Waals surface area contributed by atoms with E-state index < -0.39 is 0 Å². The van der Waals surface area contributed by atoms with Crippen molar-refractivity contribution in [2.45, 2.75) is 128 Å². The van der Waals surface area contributed by atoms with E-state index in [4.69, 9.17) is 0 Å². The second-order valence-corrected chi connectivity index (χ2v) is 11.6. The standard InChI is InChI=1S/C34H56N/c1-35(2,31-23-15-11-7-3-5-9-13-17-25-33-27-19-20-28-33)32-24-16-12-8-4-6-10-14-18-26-34-29-21-22-30-34/h19-22,27,29H,3-18,23-26,31-32H2,1-2H3/q+1. The van der Waals surface area contributed by atoms with Gasteiger partial charge in [-0.15, -0.1) is 11.5 Å². The zero-order valence-electron chi connectivity index (χ0n) is 23.5. The van der Waals surface area contributed by atoms with Crippen molar-refractivity contribution in [1.29, 1.82) is 0 Å². The van der Waals surface area contributed by atoms with Crippen molar-refractivity contribution in [3.63, 3.8) is 0 Å². The molecule has 1 nitrogen and oxygen atoms in total. The largest absolute Gasteiger partial charge is 0.328 e. The molecule has 0 spiro atoms. The zero-order chi connectivity index (χ0) is 24.9. The molecule has 0 saturated heterocycles. The molecule has 0 N–H and O–H groups in total. The minimum absolute atomic E-state index is 1.22. The van der Waals surface area contributed by atoms with Crippen molar-refractivity contribution in [3.05, 3.63) is 59.1 Å². The summed E-state index contributed by atoms with van der Waals surface area (Å²) in [6.45, 7) is 2.72. The fourth-order valence-corrected chi connectivity index (χ4v) is 5.34. The van der Waals surface area contributed by atoms with Crippen LogP contribution in [0.3, 0.4) is 0 Å². The van der Waals surface area contributed by atoms with Crippen molar-refractivity contribution in [2.24, 2.45) is 0 Å². The quantitative estimate of drug-likeness (QED) is 0.0735. The molecule has 0 amide bonds. The Balaban J connectivity index is 1.27. The Labute approximate surface area is 219 Å². The van der Waals surface area contributed by atoms with Gasteiger partial charge in [0.1, 0.15) is 0 Å². The van der Waals surface area contributed by atoms with E-state index in [1.165, 1.54) is 157 Å². The number of rotatable bonds is 24. The van der Waals surface area contributed by atoms with E-state index in [2.05, 4.69) is 49.9 Å². The second kappa shape index (κ2) is 19.6. The molecule has 1 heteroatoms. The lowest BCUT2D eigenvalue weighted by Crippen LogP contribution is -2.41. The van der Waals surface area contributed by atoms with E-state index in [-0.39, 0.29) is 0 Å². The average molecular weight is 479 g/mol. The first-order valence-corrected chi connectivity index (χ1v) is 15.2. The van der Waals surface area contributed by atoms with Gasteiger partial charge in [-0.2, -0.15) is 0 Å². The maximum atomic E-state index is 3.31. The van der Waals surface area contributed by atoms with Crippen molar-refractivity contribution < 1.29 is 4.48 Å². The first-order valence-electron chi connectivity index (χ1n) is 15.2. The fraction of sp³-hybridized carbons (Fsp3) is 0.706. The van der Waals surface area contributed by atoms with Gasteiger partial charge < -0.3 is 4.48 Å². The van der Waals surface area contributed by atoms with E-state index in [0.717, 1.165) is 0 Å². The predicted octanol–water partition coefficient (Wildman–Crippen LogP) is 10.2. The van der Waals surface area contributed by atoms with E-state index in [0.29, 0.717) is 0 Å². The van der Waals surface area contributed by atoms with Crippen LogP contribution in [0.2, 0.25) is 0 Å². The zero-order valence-corrected chi connectivity index (χ0v) is 23.5. The van der Waals surface area contributed by atoms with Gasteiger partial charge in [0.05, 0.1) is 27.2 Å². The van der Waals surface area contributed by atoms with Gasteiger partial charge in [-0.3, -0.25) is 0 Å². The maximum absolute atomic E-state index is 3.31. The van der Waals surface area contributed by atoms with Crippen LogP contribution in [0.4, 0.5) is 0 Å². The van der Waals surface area contributed by atoms with Gasteiger partial charge in [0.25, 0.3) is 0 Å². The van der Waals surface area contributed by atoms with Crippen molar-refractivity contribution in [3.8, 4) is 0 Å². The summed E-state index contributed by atoms with van der Waals surface area (Å²) in [4.78, 5) is 0. The molecule has 0 aliphatic heterocycles. The first kappa shape index (κ1) is 29.7. The van der Waals surface area contributed by atoms with Crippen molar-refractivity contribution in [1.82, 2.24) is 0 Å². The summed E-state index contributed by atoms with van der Waals surface area (Å²) < 4.78 is 1.22. The minimum atomic E-state index is 1.22. The molecule has 2 aliphatic rings. The average Bonchev–Trinajstić information content (AvgIpc) is 3.55. The molecule has 0 atom stereocenters. The molecule has 2 aliphatic carbocycles. The molecule has 0 aromatic rings. The molecule has 0 fully saturated rings. The van der Waals surface area contributed by atoms with Crippen molar-refractivity contribution >= 4 is 0 Å². The van der Waals surface area contributed by atoms with Gasteiger partial charge in [-0.25, -0.2) is 0 Å². The first-order chi connectivity index (χ1) is 17.2. The maximum Gasteiger partial charge on any atom is 0.0782 e. The SMILES string of the molecule is C[N+](C)(CCCCCCCCCCCC1=C=CC=C1)CCCCCCCCCCCC1=C=CC=C1. The Morgan fingerprint density at radius 2 is 0.771 bits per heavy atom. The smallest absolute Gasteiger partial charge is 0.0782 e.